The van der Waals surface area contributed by atoms with E-state index in [0.717, 1.165) is 16.8 Å². The summed E-state index contributed by atoms with van der Waals surface area (Å²) < 4.78 is 5.68. The predicted molar refractivity (Wildman–Crippen MR) is 75.5 cm³/mol. The lowest BCUT2D eigenvalue weighted by Crippen LogP contribution is -2.00. The standard InChI is InChI=1S/C14H13N5O/c1-8-9(2)18-19-14(17-8)20-12-6-5-11(15)10-4-3-7-16-13(10)12/h3-7H,15H2,1-2H3. The molecular formula is C14H13N5O. The lowest BCUT2D eigenvalue weighted by atomic mass is 10.2. The van der Waals surface area contributed by atoms with Crippen LogP contribution in [0.5, 0.6) is 11.8 Å². The van der Waals surface area contributed by atoms with E-state index in [0.29, 0.717) is 17.0 Å². The highest BCUT2D eigenvalue weighted by Crippen LogP contribution is 2.30. The first-order valence-electron chi connectivity index (χ1n) is 6.14. The first kappa shape index (κ1) is 12.3. The molecule has 0 saturated heterocycles. The topological polar surface area (TPSA) is 86.8 Å². The van der Waals surface area contributed by atoms with Crippen molar-refractivity contribution in [3.05, 3.63) is 41.9 Å². The van der Waals surface area contributed by atoms with Gasteiger partial charge in [0.15, 0.2) is 5.75 Å². The first-order valence-corrected chi connectivity index (χ1v) is 6.14. The summed E-state index contributed by atoms with van der Waals surface area (Å²) in [5.74, 6) is 0.555. The van der Waals surface area contributed by atoms with Crippen molar-refractivity contribution in [3.8, 4) is 11.8 Å². The molecule has 6 heteroatoms. The molecule has 0 aliphatic heterocycles. The van der Waals surface area contributed by atoms with Gasteiger partial charge in [0.05, 0.1) is 11.4 Å². The van der Waals surface area contributed by atoms with E-state index >= 15 is 0 Å². The average molecular weight is 267 g/mol. The Bertz CT molecular complexity index is 788. The third-order valence-corrected chi connectivity index (χ3v) is 3.04. The summed E-state index contributed by atoms with van der Waals surface area (Å²) in [5, 5.41) is 8.75. The fourth-order valence-corrected chi connectivity index (χ4v) is 1.83. The summed E-state index contributed by atoms with van der Waals surface area (Å²) >= 11 is 0. The van der Waals surface area contributed by atoms with Gasteiger partial charge in [0.2, 0.25) is 0 Å². The van der Waals surface area contributed by atoms with E-state index in [2.05, 4.69) is 20.2 Å². The van der Waals surface area contributed by atoms with Crippen LogP contribution in [0.3, 0.4) is 0 Å². The highest BCUT2D eigenvalue weighted by atomic mass is 16.5. The maximum absolute atomic E-state index is 5.92. The Hall–Kier alpha value is -2.76. The molecule has 0 unspecified atom stereocenters. The normalized spacial score (nSPS) is 10.7. The number of ether oxygens (including phenoxy) is 1. The number of fused-ring (bicyclic) bond motifs is 1. The van der Waals surface area contributed by atoms with Gasteiger partial charge in [0, 0.05) is 17.3 Å². The molecule has 0 aliphatic rings. The van der Waals surface area contributed by atoms with Crippen LogP contribution in [0.2, 0.25) is 0 Å². The Morgan fingerprint density at radius 2 is 1.90 bits per heavy atom. The van der Waals surface area contributed by atoms with Gasteiger partial charge in [-0.15, -0.1) is 5.10 Å². The van der Waals surface area contributed by atoms with E-state index in [4.69, 9.17) is 10.5 Å². The Morgan fingerprint density at radius 1 is 1.05 bits per heavy atom. The molecule has 3 rings (SSSR count). The van der Waals surface area contributed by atoms with Crippen molar-refractivity contribution in [2.75, 3.05) is 5.73 Å². The third kappa shape index (κ3) is 2.11. The van der Waals surface area contributed by atoms with Crippen LogP contribution in [0.15, 0.2) is 30.5 Å². The van der Waals surface area contributed by atoms with Crippen LogP contribution in [0.4, 0.5) is 5.69 Å². The minimum atomic E-state index is 0.199. The van der Waals surface area contributed by atoms with E-state index in [1.54, 1.807) is 18.3 Å². The molecule has 2 N–H and O–H groups in total. The van der Waals surface area contributed by atoms with Gasteiger partial charge in [-0.3, -0.25) is 4.98 Å². The van der Waals surface area contributed by atoms with Gasteiger partial charge in [-0.1, -0.05) is 5.10 Å². The van der Waals surface area contributed by atoms with Gasteiger partial charge in [0.25, 0.3) is 0 Å². The predicted octanol–water partition coefficient (Wildman–Crippen LogP) is 2.41. The molecule has 100 valence electrons. The Labute approximate surface area is 115 Å². The first-order chi connectivity index (χ1) is 9.65. The number of nitrogens with zero attached hydrogens (tertiary/aromatic N) is 4. The molecule has 0 aliphatic carbocycles. The maximum atomic E-state index is 5.92. The van der Waals surface area contributed by atoms with E-state index < -0.39 is 0 Å². The smallest absolute Gasteiger partial charge is 0.341 e. The van der Waals surface area contributed by atoms with Gasteiger partial charge in [-0.05, 0) is 38.1 Å². The second kappa shape index (κ2) is 4.73. The summed E-state index contributed by atoms with van der Waals surface area (Å²) in [6, 6.07) is 7.45. The fraction of sp³-hybridized carbons (Fsp3) is 0.143. The highest BCUT2D eigenvalue weighted by Gasteiger charge is 2.09. The minimum Gasteiger partial charge on any atom is -0.421 e. The molecular weight excluding hydrogens is 254 g/mol. The van der Waals surface area contributed by atoms with E-state index in [-0.39, 0.29) is 6.01 Å². The molecule has 1 aromatic carbocycles. The molecule has 0 atom stereocenters. The molecule has 3 aromatic rings. The second-order valence-corrected chi connectivity index (χ2v) is 4.42. The van der Waals surface area contributed by atoms with Crippen LogP contribution in [0.25, 0.3) is 10.9 Å². The molecule has 0 radical (unpaired) electrons. The fourth-order valence-electron chi connectivity index (χ4n) is 1.83. The lowest BCUT2D eigenvalue weighted by molar-refractivity contribution is 0.434. The lowest BCUT2D eigenvalue weighted by Gasteiger charge is -2.08. The molecule has 0 fully saturated rings. The van der Waals surface area contributed by atoms with Gasteiger partial charge in [0.1, 0.15) is 5.52 Å². The van der Waals surface area contributed by atoms with Crippen molar-refractivity contribution < 1.29 is 4.74 Å². The average Bonchev–Trinajstić information content (AvgIpc) is 2.46. The van der Waals surface area contributed by atoms with E-state index in [1.807, 2.05) is 26.0 Å². The zero-order chi connectivity index (χ0) is 14.1. The van der Waals surface area contributed by atoms with Crippen LogP contribution in [-0.2, 0) is 0 Å². The number of rotatable bonds is 2. The molecule has 2 aromatic heterocycles. The van der Waals surface area contributed by atoms with E-state index in [1.165, 1.54) is 0 Å². The van der Waals surface area contributed by atoms with Gasteiger partial charge >= 0.3 is 6.01 Å². The van der Waals surface area contributed by atoms with Crippen molar-refractivity contribution >= 4 is 16.6 Å². The number of pyridine rings is 1. The highest BCUT2D eigenvalue weighted by molar-refractivity contribution is 5.94. The van der Waals surface area contributed by atoms with Crippen LogP contribution >= 0.6 is 0 Å². The second-order valence-electron chi connectivity index (χ2n) is 4.42. The minimum absolute atomic E-state index is 0.199. The quantitative estimate of drug-likeness (QED) is 0.717. The number of nitrogens with two attached hydrogens (primary N) is 1. The van der Waals surface area contributed by atoms with Crippen LogP contribution in [0, 0.1) is 13.8 Å². The molecule has 0 spiro atoms. The van der Waals surface area contributed by atoms with Gasteiger partial charge in [-0.25, -0.2) is 0 Å². The molecule has 20 heavy (non-hydrogen) atoms. The van der Waals surface area contributed by atoms with Gasteiger partial charge in [-0.2, -0.15) is 4.98 Å². The molecule has 6 nitrogen and oxygen atoms in total. The maximum Gasteiger partial charge on any atom is 0.341 e. The number of benzene rings is 1. The van der Waals surface area contributed by atoms with Crippen LogP contribution < -0.4 is 10.5 Å². The van der Waals surface area contributed by atoms with Crippen molar-refractivity contribution in [2.45, 2.75) is 13.8 Å². The van der Waals surface area contributed by atoms with Crippen molar-refractivity contribution in [1.29, 1.82) is 0 Å². The summed E-state index contributed by atoms with van der Waals surface area (Å²) in [4.78, 5) is 8.54. The molecule has 0 amide bonds. The largest absolute Gasteiger partial charge is 0.421 e. The number of nitrogen functional groups attached to an aromatic ring is 1. The van der Waals surface area contributed by atoms with Crippen LogP contribution in [-0.4, -0.2) is 20.2 Å². The Morgan fingerprint density at radius 3 is 2.70 bits per heavy atom. The van der Waals surface area contributed by atoms with Crippen LogP contribution in [0.1, 0.15) is 11.4 Å². The van der Waals surface area contributed by atoms with E-state index in [9.17, 15) is 0 Å². The number of anilines is 1. The zero-order valence-corrected chi connectivity index (χ0v) is 11.2. The SMILES string of the molecule is Cc1nnc(Oc2ccc(N)c3cccnc23)nc1C. The Kier molecular flexibility index (Phi) is 2.90. The zero-order valence-electron chi connectivity index (χ0n) is 11.2. The van der Waals surface area contributed by atoms with Gasteiger partial charge < -0.3 is 10.5 Å². The summed E-state index contributed by atoms with van der Waals surface area (Å²) in [7, 11) is 0. The Balaban J connectivity index is 2.06. The molecule has 2 heterocycles. The number of aryl methyl sites for hydroxylation is 2. The number of hydrogen-bond acceptors (Lipinski definition) is 6. The molecule has 0 bridgehead atoms. The van der Waals surface area contributed by atoms with Crippen molar-refractivity contribution in [2.24, 2.45) is 0 Å². The summed E-state index contributed by atoms with van der Waals surface area (Å²) in [6.07, 6.45) is 1.69. The monoisotopic (exact) mass is 267 g/mol. The number of aromatic nitrogens is 4. The third-order valence-electron chi connectivity index (χ3n) is 3.04. The van der Waals surface area contributed by atoms with Crippen molar-refractivity contribution in [1.82, 2.24) is 20.2 Å². The summed E-state index contributed by atoms with van der Waals surface area (Å²) in [6.45, 7) is 3.70. The number of hydrogen-bond donors (Lipinski definition) is 1. The molecule has 0 saturated carbocycles. The summed E-state index contributed by atoms with van der Waals surface area (Å²) in [5.41, 5.74) is 8.81. The van der Waals surface area contributed by atoms with Crippen molar-refractivity contribution in [3.63, 3.8) is 0 Å².